The number of carbonyl (C=O) groups is 1. The fourth-order valence-corrected chi connectivity index (χ4v) is 4.59. The van der Waals surface area contributed by atoms with Crippen LogP contribution in [0.25, 0.3) is 0 Å². The van der Waals surface area contributed by atoms with Gasteiger partial charge in [0.05, 0.1) is 15.2 Å². The highest BCUT2D eigenvalue weighted by atomic mass is 35.5. The Kier molecular flexibility index (Phi) is 4.92. The van der Waals surface area contributed by atoms with Crippen LogP contribution in [0.3, 0.4) is 0 Å². The molecule has 0 bridgehead atoms. The zero-order valence-electron chi connectivity index (χ0n) is 13.2. The molecule has 1 fully saturated rings. The van der Waals surface area contributed by atoms with E-state index in [1.807, 2.05) is 0 Å². The number of ether oxygens (including phenoxy) is 1. The number of hydrogen-bond donors (Lipinski definition) is 0. The van der Waals surface area contributed by atoms with E-state index in [4.69, 9.17) is 16.3 Å². The van der Waals surface area contributed by atoms with E-state index in [0.717, 1.165) is 18.2 Å². The van der Waals surface area contributed by atoms with Crippen molar-refractivity contribution in [1.29, 1.82) is 0 Å². The predicted octanol–water partition coefficient (Wildman–Crippen LogP) is 3.26. The van der Waals surface area contributed by atoms with Crippen LogP contribution in [-0.2, 0) is 14.6 Å². The first-order chi connectivity index (χ1) is 10.5. The van der Waals surface area contributed by atoms with Gasteiger partial charge >= 0.3 is 6.09 Å². The van der Waals surface area contributed by atoms with Crippen molar-refractivity contribution in [3.05, 3.63) is 29.0 Å². The van der Waals surface area contributed by atoms with Crippen LogP contribution in [0.15, 0.2) is 23.1 Å². The number of sulfone groups is 1. The van der Waals surface area contributed by atoms with Gasteiger partial charge in [-0.15, -0.1) is 0 Å². The lowest BCUT2D eigenvalue weighted by Crippen LogP contribution is -2.36. The zero-order valence-corrected chi connectivity index (χ0v) is 14.7. The molecule has 23 heavy (non-hydrogen) atoms. The van der Waals surface area contributed by atoms with Crippen molar-refractivity contribution in [1.82, 2.24) is 4.90 Å². The molecule has 0 N–H and O–H groups in total. The summed E-state index contributed by atoms with van der Waals surface area (Å²) in [6.07, 6.45) is -0.254. The number of halogens is 2. The smallest absolute Gasteiger partial charge is 0.410 e. The van der Waals surface area contributed by atoms with Gasteiger partial charge in [-0.1, -0.05) is 11.6 Å². The Bertz CT molecular complexity index is 715. The van der Waals surface area contributed by atoms with E-state index in [1.54, 1.807) is 20.8 Å². The first kappa shape index (κ1) is 18.0. The van der Waals surface area contributed by atoms with Gasteiger partial charge in [-0.2, -0.15) is 0 Å². The first-order valence-electron chi connectivity index (χ1n) is 7.17. The Balaban J connectivity index is 2.16. The monoisotopic (exact) mass is 363 g/mol. The van der Waals surface area contributed by atoms with Crippen LogP contribution in [0.1, 0.15) is 27.2 Å². The molecular formula is C15H19ClFNO4S. The fraction of sp³-hybridized carbons (Fsp3) is 0.533. The summed E-state index contributed by atoms with van der Waals surface area (Å²) in [7, 11) is -3.74. The highest BCUT2D eigenvalue weighted by Crippen LogP contribution is 2.30. The number of amides is 1. The summed E-state index contributed by atoms with van der Waals surface area (Å²) in [5.74, 6) is -0.601. The minimum Gasteiger partial charge on any atom is -0.444 e. The lowest BCUT2D eigenvalue weighted by atomic mass is 10.2. The van der Waals surface area contributed by atoms with E-state index in [1.165, 1.54) is 4.90 Å². The van der Waals surface area contributed by atoms with Gasteiger partial charge in [0.15, 0.2) is 9.84 Å². The van der Waals surface area contributed by atoms with Crippen LogP contribution in [0.5, 0.6) is 0 Å². The number of rotatable bonds is 2. The van der Waals surface area contributed by atoms with Crippen molar-refractivity contribution in [2.45, 2.75) is 42.9 Å². The maximum absolute atomic E-state index is 13.1. The van der Waals surface area contributed by atoms with Crippen LogP contribution < -0.4 is 0 Å². The molecule has 1 aliphatic rings. The normalized spacial score (nSPS) is 19.0. The van der Waals surface area contributed by atoms with E-state index < -0.39 is 32.6 Å². The molecule has 128 valence electrons. The second kappa shape index (κ2) is 6.28. The molecule has 0 spiro atoms. The number of nitrogens with zero attached hydrogens (tertiary/aromatic N) is 1. The largest absolute Gasteiger partial charge is 0.444 e. The van der Waals surface area contributed by atoms with Crippen LogP contribution in [0.2, 0.25) is 5.02 Å². The van der Waals surface area contributed by atoms with Crippen molar-refractivity contribution in [3.8, 4) is 0 Å². The summed E-state index contributed by atoms with van der Waals surface area (Å²) < 4.78 is 43.6. The van der Waals surface area contributed by atoms with E-state index in [9.17, 15) is 17.6 Å². The quantitative estimate of drug-likeness (QED) is 0.756. The highest BCUT2D eigenvalue weighted by Gasteiger charge is 2.38. The number of carbonyl (C=O) groups excluding carboxylic acids is 1. The third kappa shape index (κ3) is 4.14. The lowest BCUT2D eigenvalue weighted by molar-refractivity contribution is 0.0295. The number of hydrogen-bond acceptors (Lipinski definition) is 4. The minimum atomic E-state index is -3.74. The predicted molar refractivity (Wildman–Crippen MR) is 84.8 cm³/mol. The topological polar surface area (TPSA) is 63.7 Å². The summed E-state index contributed by atoms with van der Waals surface area (Å²) in [4.78, 5) is 13.3. The second-order valence-corrected chi connectivity index (χ2v) is 9.06. The Labute approximate surface area is 140 Å². The van der Waals surface area contributed by atoms with Gasteiger partial charge < -0.3 is 9.64 Å². The molecule has 1 atom stereocenters. The average Bonchev–Trinajstić information content (AvgIpc) is 2.86. The third-order valence-electron chi connectivity index (χ3n) is 3.44. The number of likely N-dealkylation sites (tertiary alicyclic amines) is 1. The zero-order chi connectivity index (χ0) is 17.4. The molecule has 0 aliphatic carbocycles. The van der Waals surface area contributed by atoms with Crippen molar-refractivity contribution >= 4 is 27.5 Å². The van der Waals surface area contributed by atoms with E-state index in [2.05, 4.69) is 0 Å². The SMILES string of the molecule is CC(C)(C)OC(=O)N1CC[C@H](S(=O)(=O)c2ccc(F)cc2Cl)C1. The summed E-state index contributed by atoms with van der Waals surface area (Å²) in [6, 6.07) is 3.18. The minimum absolute atomic E-state index is 0.0327. The summed E-state index contributed by atoms with van der Waals surface area (Å²) in [5, 5.41) is -0.932. The van der Waals surface area contributed by atoms with Crippen LogP contribution in [-0.4, -0.2) is 43.4 Å². The van der Waals surface area contributed by atoms with Crippen LogP contribution in [0, 0.1) is 5.82 Å². The third-order valence-corrected chi connectivity index (χ3v) is 6.09. The van der Waals surface area contributed by atoms with Gasteiger partial charge in [-0.05, 0) is 45.4 Å². The lowest BCUT2D eigenvalue weighted by Gasteiger charge is -2.24. The molecule has 1 amide bonds. The highest BCUT2D eigenvalue weighted by molar-refractivity contribution is 7.92. The number of benzene rings is 1. The Hall–Kier alpha value is -1.34. The maximum Gasteiger partial charge on any atom is 0.410 e. The molecule has 2 rings (SSSR count). The van der Waals surface area contributed by atoms with E-state index in [-0.39, 0.29) is 29.4 Å². The molecule has 1 aliphatic heterocycles. The van der Waals surface area contributed by atoms with Gasteiger partial charge in [-0.25, -0.2) is 17.6 Å². The summed E-state index contributed by atoms with van der Waals surface area (Å²) >= 11 is 5.85. The van der Waals surface area contributed by atoms with Crippen molar-refractivity contribution in [2.24, 2.45) is 0 Å². The summed E-state index contributed by atoms with van der Waals surface area (Å²) in [6.45, 7) is 5.55. The van der Waals surface area contributed by atoms with Gasteiger partial charge in [0.2, 0.25) is 0 Å². The molecule has 0 unspecified atom stereocenters. The molecule has 0 aromatic heterocycles. The van der Waals surface area contributed by atoms with Crippen molar-refractivity contribution in [3.63, 3.8) is 0 Å². The van der Waals surface area contributed by atoms with E-state index >= 15 is 0 Å². The maximum atomic E-state index is 13.1. The molecule has 1 heterocycles. The Morgan fingerprint density at radius 1 is 1.39 bits per heavy atom. The molecule has 0 saturated carbocycles. The standard InChI is InChI=1S/C15H19ClFNO4S/c1-15(2,3)22-14(19)18-7-6-11(9-18)23(20,21)13-5-4-10(17)8-12(13)16/h4-5,8,11H,6-7,9H2,1-3H3/t11-/m0/s1. The van der Waals surface area contributed by atoms with Crippen molar-refractivity contribution < 1.29 is 22.3 Å². The van der Waals surface area contributed by atoms with Crippen molar-refractivity contribution in [2.75, 3.05) is 13.1 Å². The van der Waals surface area contributed by atoms with Gasteiger partial charge in [0.25, 0.3) is 0 Å². The van der Waals surface area contributed by atoms with Crippen LogP contribution in [0.4, 0.5) is 9.18 Å². The second-order valence-electron chi connectivity index (χ2n) is 6.46. The molecule has 5 nitrogen and oxygen atoms in total. The molecular weight excluding hydrogens is 345 g/mol. The average molecular weight is 364 g/mol. The molecule has 1 aromatic rings. The molecule has 1 saturated heterocycles. The first-order valence-corrected chi connectivity index (χ1v) is 9.10. The van der Waals surface area contributed by atoms with E-state index in [0.29, 0.717) is 0 Å². The Morgan fingerprint density at radius 3 is 2.61 bits per heavy atom. The summed E-state index contributed by atoms with van der Waals surface area (Å²) in [5.41, 5.74) is -0.645. The van der Waals surface area contributed by atoms with Gasteiger partial charge in [0, 0.05) is 13.1 Å². The fourth-order valence-electron chi connectivity index (χ4n) is 2.36. The Morgan fingerprint density at radius 2 is 2.04 bits per heavy atom. The van der Waals surface area contributed by atoms with Gasteiger partial charge in [0.1, 0.15) is 11.4 Å². The molecule has 1 aromatic carbocycles. The van der Waals surface area contributed by atoms with Gasteiger partial charge in [-0.3, -0.25) is 0 Å². The molecule has 8 heteroatoms. The van der Waals surface area contributed by atoms with Crippen LogP contribution >= 0.6 is 11.6 Å². The molecule has 0 radical (unpaired) electrons.